The van der Waals surface area contributed by atoms with Crippen molar-refractivity contribution in [1.82, 2.24) is 5.32 Å². The largest absolute Gasteiger partial charge is 0.504 e. The van der Waals surface area contributed by atoms with Crippen LogP contribution in [0.2, 0.25) is 0 Å². The van der Waals surface area contributed by atoms with Crippen LogP contribution in [0, 0.1) is 0 Å². The fourth-order valence-electron chi connectivity index (χ4n) is 1.05. The molecule has 0 fully saturated rings. The number of aromatic hydroxyl groups is 1. The number of phenolic OH excluding ortho intramolecular Hbond substituents is 1. The third-order valence-corrected chi connectivity index (χ3v) is 1.94. The maximum Gasteiger partial charge on any atom is 0.259 e. The molecule has 0 aliphatic rings. The number of hydrogen-bond acceptors (Lipinski definition) is 4. The van der Waals surface area contributed by atoms with Crippen LogP contribution in [-0.2, 0) is 9.53 Å². The van der Waals surface area contributed by atoms with Crippen molar-refractivity contribution in [2.45, 2.75) is 13.2 Å². The molecule has 88 valence electrons. The third kappa shape index (κ3) is 3.78. The normalized spacial score (nSPS) is 11.9. The highest BCUT2D eigenvalue weighted by Gasteiger charge is 2.08. The summed E-state index contributed by atoms with van der Waals surface area (Å²) >= 11 is 0. The van der Waals surface area contributed by atoms with Crippen molar-refractivity contribution in [2.75, 3.05) is 13.7 Å². The lowest BCUT2D eigenvalue weighted by molar-refractivity contribution is -0.126. The van der Waals surface area contributed by atoms with Crippen LogP contribution in [0.25, 0.3) is 0 Å². The molecular formula is C11H15NO4. The first-order chi connectivity index (χ1) is 7.63. The summed E-state index contributed by atoms with van der Waals surface area (Å²) in [5, 5.41) is 11.9. The van der Waals surface area contributed by atoms with E-state index in [-0.39, 0.29) is 30.2 Å². The van der Waals surface area contributed by atoms with Crippen LogP contribution in [0.3, 0.4) is 0 Å². The molecule has 0 aromatic heterocycles. The average Bonchev–Trinajstić information content (AvgIpc) is 2.28. The smallest absolute Gasteiger partial charge is 0.259 e. The number of methoxy groups -OCH3 is 1. The number of para-hydroxylation sites is 2. The molecule has 2 N–H and O–H groups in total. The van der Waals surface area contributed by atoms with Crippen LogP contribution in [-0.4, -0.2) is 31.0 Å². The minimum atomic E-state index is -0.361. The van der Waals surface area contributed by atoms with Crippen molar-refractivity contribution >= 4 is 5.91 Å². The Morgan fingerprint density at radius 2 is 2.19 bits per heavy atom. The van der Waals surface area contributed by atoms with E-state index in [0.29, 0.717) is 0 Å². The van der Waals surface area contributed by atoms with E-state index in [9.17, 15) is 9.90 Å². The molecule has 0 bridgehead atoms. The standard InChI is InChI=1S/C11H15NO4/c1-8(15-2)12-11(14)7-16-10-6-4-3-5-9(10)13/h3-6,8,13H,7H2,1-2H3,(H,12,14). The molecule has 1 amide bonds. The van der Waals surface area contributed by atoms with Crippen molar-refractivity contribution in [3.05, 3.63) is 24.3 Å². The van der Waals surface area contributed by atoms with E-state index in [4.69, 9.17) is 9.47 Å². The molecule has 1 unspecified atom stereocenters. The number of carbonyl (C=O) groups excluding carboxylic acids is 1. The lowest BCUT2D eigenvalue weighted by Crippen LogP contribution is -2.37. The zero-order chi connectivity index (χ0) is 12.0. The zero-order valence-corrected chi connectivity index (χ0v) is 9.27. The summed E-state index contributed by atoms with van der Waals surface area (Å²) in [6.45, 7) is 1.54. The second kappa shape index (κ2) is 5.97. The Hall–Kier alpha value is -1.75. The number of hydrogen-bond donors (Lipinski definition) is 2. The van der Waals surface area contributed by atoms with Crippen molar-refractivity contribution in [1.29, 1.82) is 0 Å². The Labute approximate surface area is 94.0 Å². The SMILES string of the molecule is COC(C)NC(=O)COc1ccccc1O. The van der Waals surface area contributed by atoms with Gasteiger partial charge in [0.15, 0.2) is 18.1 Å². The second-order valence-electron chi connectivity index (χ2n) is 3.20. The minimum Gasteiger partial charge on any atom is -0.504 e. The lowest BCUT2D eigenvalue weighted by atomic mass is 10.3. The Balaban J connectivity index is 2.40. The molecule has 0 heterocycles. The highest BCUT2D eigenvalue weighted by Crippen LogP contribution is 2.23. The van der Waals surface area contributed by atoms with Gasteiger partial charge in [-0.3, -0.25) is 4.79 Å². The van der Waals surface area contributed by atoms with Crippen molar-refractivity contribution in [2.24, 2.45) is 0 Å². The highest BCUT2D eigenvalue weighted by molar-refractivity contribution is 5.77. The average molecular weight is 225 g/mol. The molecule has 5 nitrogen and oxygen atoms in total. The molecule has 0 saturated heterocycles. The maximum absolute atomic E-state index is 11.3. The van der Waals surface area contributed by atoms with Crippen LogP contribution in [0.15, 0.2) is 24.3 Å². The van der Waals surface area contributed by atoms with Crippen molar-refractivity contribution < 1.29 is 19.4 Å². The monoisotopic (exact) mass is 225 g/mol. The van der Waals surface area contributed by atoms with Gasteiger partial charge < -0.3 is 19.9 Å². The van der Waals surface area contributed by atoms with Gasteiger partial charge in [-0.25, -0.2) is 0 Å². The number of rotatable bonds is 5. The molecule has 1 aromatic rings. The van der Waals surface area contributed by atoms with E-state index in [1.807, 2.05) is 0 Å². The van der Waals surface area contributed by atoms with E-state index >= 15 is 0 Å². The zero-order valence-electron chi connectivity index (χ0n) is 9.27. The molecule has 0 spiro atoms. The van der Waals surface area contributed by atoms with Crippen LogP contribution >= 0.6 is 0 Å². The predicted octanol–water partition coefficient (Wildman–Crippen LogP) is 0.880. The summed E-state index contributed by atoms with van der Waals surface area (Å²) in [7, 11) is 1.49. The minimum absolute atomic E-state index is 0.00934. The maximum atomic E-state index is 11.3. The van der Waals surface area contributed by atoms with Crippen LogP contribution < -0.4 is 10.1 Å². The Kier molecular flexibility index (Phi) is 4.60. The Bertz CT molecular complexity index is 354. The van der Waals surface area contributed by atoms with Crippen LogP contribution in [0.1, 0.15) is 6.92 Å². The van der Waals surface area contributed by atoms with Crippen molar-refractivity contribution in [3.63, 3.8) is 0 Å². The number of carbonyl (C=O) groups is 1. The third-order valence-electron chi connectivity index (χ3n) is 1.94. The van der Waals surface area contributed by atoms with Crippen molar-refractivity contribution in [3.8, 4) is 11.5 Å². The molecule has 0 aliphatic carbocycles. The van der Waals surface area contributed by atoms with E-state index < -0.39 is 0 Å². The second-order valence-corrected chi connectivity index (χ2v) is 3.20. The van der Waals surface area contributed by atoms with E-state index in [0.717, 1.165) is 0 Å². The van der Waals surface area contributed by atoms with Gasteiger partial charge in [0.25, 0.3) is 5.91 Å². The van der Waals surface area contributed by atoms with Gasteiger partial charge in [0.05, 0.1) is 0 Å². The van der Waals surface area contributed by atoms with Gasteiger partial charge in [-0.05, 0) is 19.1 Å². The number of ether oxygens (including phenoxy) is 2. The molecule has 0 saturated carbocycles. The molecule has 1 atom stereocenters. The first-order valence-electron chi connectivity index (χ1n) is 4.86. The first-order valence-corrected chi connectivity index (χ1v) is 4.86. The number of nitrogens with one attached hydrogen (secondary N) is 1. The molecular weight excluding hydrogens is 210 g/mol. The lowest BCUT2D eigenvalue weighted by Gasteiger charge is -2.12. The fraction of sp³-hybridized carbons (Fsp3) is 0.364. The molecule has 16 heavy (non-hydrogen) atoms. The fourth-order valence-corrected chi connectivity index (χ4v) is 1.05. The van der Waals surface area contributed by atoms with Gasteiger partial charge in [0, 0.05) is 7.11 Å². The topological polar surface area (TPSA) is 67.8 Å². The summed E-state index contributed by atoms with van der Waals surface area (Å²) in [5.74, 6) is -0.0181. The van der Waals surface area contributed by atoms with Crippen LogP contribution in [0.4, 0.5) is 0 Å². The van der Waals surface area contributed by atoms with Gasteiger partial charge >= 0.3 is 0 Å². The van der Waals surface area contributed by atoms with Gasteiger partial charge in [-0.15, -0.1) is 0 Å². The van der Waals surface area contributed by atoms with E-state index in [1.54, 1.807) is 25.1 Å². The summed E-state index contributed by atoms with van der Waals surface area (Å²) < 4.78 is 9.99. The summed E-state index contributed by atoms with van der Waals surface area (Å²) in [6.07, 6.45) is -0.361. The van der Waals surface area contributed by atoms with Gasteiger partial charge in [-0.2, -0.15) is 0 Å². The Morgan fingerprint density at radius 1 is 1.50 bits per heavy atom. The van der Waals surface area contributed by atoms with E-state index in [1.165, 1.54) is 13.2 Å². The quantitative estimate of drug-likeness (QED) is 0.730. The summed E-state index contributed by atoms with van der Waals surface area (Å²) in [6, 6.07) is 6.47. The van der Waals surface area contributed by atoms with Gasteiger partial charge in [0.1, 0.15) is 6.23 Å². The molecule has 1 aromatic carbocycles. The first kappa shape index (κ1) is 12.3. The Morgan fingerprint density at radius 3 is 2.81 bits per heavy atom. The summed E-state index contributed by atoms with van der Waals surface area (Å²) in [4.78, 5) is 11.3. The van der Waals surface area contributed by atoms with Crippen LogP contribution in [0.5, 0.6) is 11.5 Å². The molecule has 5 heteroatoms. The van der Waals surface area contributed by atoms with Gasteiger partial charge in [0.2, 0.25) is 0 Å². The molecule has 1 rings (SSSR count). The van der Waals surface area contributed by atoms with E-state index in [2.05, 4.69) is 5.32 Å². The molecule has 0 radical (unpaired) electrons. The number of amides is 1. The number of benzene rings is 1. The van der Waals surface area contributed by atoms with Gasteiger partial charge in [-0.1, -0.05) is 12.1 Å². The summed E-state index contributed by atoms with van der Waals surface area (Å²) in [5.41, 5.74) is 0. The number of phenols is 1. The highest BCUT2D eigenvalue weighted by atomic mass is 16.5. The predicted molar refractivity (Wildman–Crippen MR) is 58.2 cm³/mol. The molecule has 0 aliphatic heterocycles.